The molecule has 1 aromatic rings. The van der Waals surface area contributed by atoms with Crippen molar-refractivity contribution in [1.82, 2.24) is 15.2 Å². The fourth-order valence-electron chi connectivity index (χ4n) is 2.04. The van der Waals surface area contributed by atoms with Crippen molar-refractivity contribution in [3.05, 3.63) is 16.1 Å². The number of nitrogens with zero attached hydrogens (tertiary/aromatic N) is 2. The van der Waals surface area contributed by atoms with Crippen LogP contribution in [0.1, 0.15) is 22.4 Å². The van der Waals surface area contributed by atoms with E-state index in [0.717, 1.165) is 49.8 Å². The van der Waals surface area contributed by atoms with Crippen LogP contribution >= 0.6 is 11.3 Å². The Hall–Kier alpha value is -1.02. The van der Waals surface area contributed by atoms with Crippen LogP contribution in [0.2, 0.25) is 0 Å². The van der Waals surface area contributed by atoms with E-state index in [9.17, 15) is 4.79 Å². The Morgan fingerprint density at radius 2 is 2.58 bits per heavy atom. The lowest BCUT2D eigenvalue weighted by atomic mass is 10.2. The van der Waals surface area contributed by atoms with Gasteiger partial charge in [0.15, 0.2) is 0 Å². The number of nitrogens with one attached hydrogen (secondary N) is 1. The molecule has 1 aromatic heterocycles. The van der Waals surface area contributed by atoms with Crippen LogP contribution in [-0.4, -0.2) is 59.8 Å². The molecule has 6 nitrogen and oxygen atoms in total. The Morgan fingerprint density at radius 3 is 3.26 bits per heavy atom. The van der Waals surface area contributed by atoms with Crippen molar-refractivity contribution in [3.63, 3.8) is 0 Å². The normalized spacial score (nSPS) is 20.6. The van der Waals surface area contributed by atoms with Gasteiger partial charge in [-0.25, -0.2) is 9.78 Å². The first-order valence-electron chi connectivity index (χ1n) is 6.41. The number of carboxylic acids is 1. The molecule has 0 aromatic carbocycles. The molecule has 2 rings (SSSR count). The number of carbonyl (C=O) groups is 1. The van der Waals surface area contributed by atoms with Gasteiger partial charge in [0.25, 0.3) is 0 Å². The van der Waals surface area contributed by atoms with Crippen LogP contribution in [0, 0.1) is 0 Å². The number of thiazole rings is 1. The Bertz CT molecular complexity index is 424. The van der Waals surface area contributed by atoms with E-state index >= 15 is 0 Å². The third kappa shape index (κ3) is 4.24. The summed E-state index contributed by atoms with van der Waals surface area (Å²) in [5, 5.41) is 14.0. The van der Waals surface area contributed by atoms with E-state index in [1.54, 1.807) is 5.38 Å². The molecule has 106 valence electrons. The molecule has 2 N–H and O–H groups in total. The van der Waals surface area contributed by atoms with Gasteiger partial charge in [-0.3, -0.25) is 4.90 Å². The van der Waals surface area contributed by atoms with Gasteiger partial charge in [-0.05, 0) is 6.54 Å². The molecular weight excluding hydrogens is 266 g/mol. The largest absolute Gasteiger partial charge is 0.476 e. The molecule has 0 spiro atoms. The summed E-state index contributed by atoms with van der Waals surface area (Å²) < 4.78 is 5.68. The Kier molecular flexibility index (Phi) is 5.26. The average Bonchev–Trinajstić information content (AvgIpc) is 2.88. The number of carboxylic acid groups (broad SMARTS) is 1. The monoisotopic (exact) mass is 285 g/mol. The summed E-state index contributed by atoms with van der Waals surface area (Å²) in [6.45, 7) is 7.26. The van der Waals surface area contributed by atoms with Gasteiger partial charge in [0.2, 0.25) is 5.01 Å². The smallest absolute Gasteiger partial charge is 0.365 e. The molecule has 0 amide bonds. The molecule has 2 heterocycles. The molecule has 0 bridgehead atoms. The molecule has 1 atom stereocenters. The first kappa shape index (κ1) is 14.4. The highest BCUT2D eigenvalue weighted by molar-refractivity contribution is 7.11. The minimum absolute atomic E-state index is 0.142. The highest BCUT2D eigenvalue weighted by Crippen LogP contribution is 2.09. The Balaban J connectivity index is 1.72. The maximum Gasteiger partial charge on any atom is 0.365 e. The van der Waals surface area contributed by atoms with Crippen LogP contribution < -0.4 is 5.32 Å². The lowest BCUT2D eigenvalue weighted by Gasteiger charge is -2.32. The number of hydrogen-bond acceptors (Lipinski definition) is 6. The van der Waals surface area contributed by atoms with Gasteiger partial charge in [0.1, 0.15) is 0 Å². The van der Waals surface area contributed by atoms with E-state index in [4.69, 9.17) is 9.84 Å². The molecule has 1 aliphatic rings. The number of hydrogen-bond donors (Lipinski definition) is 2. The number of aromatic nitrogens is 1. The van der Waals surface area contributed by atoms with Crippen molar-refractivity contribution in [1.29, 1.82) is 0 Å². The fraction of sp³-hybridized carbons (Fsp3) is 0.667. The van der Waals surface area contributed by atoms with Gasteiger partial charge in [-0.15, -0.1) is 11.3 Å². The van der Waals surface area contributed by atoms with Crippen LogP contribution in [-0.2, 0) is 11.3 Å². The van der Waals surface area contributed by atoms with E-state index in [2.05, 4.69) is 22.1 Å². The third-order valence-electron chi connectivity index (χ3n) is 3.08. The molecule has 0 radical (unpaired) electrons. The van der Waals surface area contributed by atoms with Crippen LogP contribution in [0.3, 0.4) is 0 Å². The molecule has 0 saturated carbocycles. The van der Waals surface area contributed by atoms with Crippen molar-refractivity contribution in [2.45, 2.75) is 19.6 Å². The minimum atomic E-state index is -0.967. The third-order valence-corrected chi connectivity index (χ3v) is 3.96. The second-order valence-corrected chi connectivity index (χ2v) is 5.32. The second kappa shape index (κ2) is 6.95. The zero-order valence-electron chi connectivity index (χ0n) is 11.0. The van der Waals surface area contributed by atoms with Gasteiger partial charge in [0.05, 0.1) is 18.4 Å². The summed E-state index contributed by atoms with van der Waals surface area (Å²) >= 11 is 1.16. The average molecular weight is 285 g/mol. The number of aromatic carboxylic acids is 1. The highest BCUT2D eigenvalue weighted by atomic mass is 32.1. The van der Waals surface area contributed by atoms with E-state index in [1.165, 1.54) is 0 Å². The van der Waals surface area contributed by atoms with E-state index in [0.29, 0.717) is 6.54 Å². The molecule has 1 aliphatic heterocycles. The van der Waals surface area contributed by atoms with Gasteiger partial charge < -0.3 is 15.2 Å². The topological polar surface area (TPSA) is 74.7 Å². The van der Waals surface area contributed by atoms with Gasteiger partial charge in [-0.1, -0.05) is 6.92 Å². The number of rotatable bonds is 6. The van der Waals surface area contributed by atoms with E-state index < -0.39 is 5.97 Å². The quantitative estimate of drug-likeness (QED) is 0.799. The summed E-state index contributed by atoms with van der Waals surface area (Å²) in [6, 6.07) is 0. The zero-order valence-corrected chi connectivity index (χ0v) is 11.8. The maximum atomic E-state index is 10.7. The van der Waals surface area contributed by atoms with Crippen LogP contribution in [0.5, 0.6) is 0 Å². The summed E-state index contributed by atoms with van der Waals surface area (Å²) in [6.07, 6.45) is 0.200. The maximum absolute atomic E-state index is 10.7. The van der Waals surface area contributed by atoms with Crippen LogP contribution in [0.15, 0.2) is 5.38 Å². The molecular formula is C12H19N3O3S. The SMILES string of the molecule is CCN1CCOC(CNCc2csc(C(=O)O)n2)C1. The second-order valence-electron chi connectivity index (χ2n) is 4.47. The van der Waals surface area contributed by atoms with Crippen LogP contribution in [0.4, 0.5) is 0 Å². The van der Waals surface area contributed by atoms with Crippen molar-refractivity contribution in [2.24, 2.45) is 0 Å². The molecule has 1 unspecified atom stereocenters. The molecule has 19 heavy (non-hydrogen) atoms. The molecule has 1 saturated heterocycles. The van der Waals surface area contributed by atoms with Gasteiger partial charge in [-0.2, -0.15) is 0 Å². The molecule has 0 aliphatic carbocycles. The van der Waals surface area contributed by atoms with Crippen LogP contribution in [0.25, 0.3) is 0 Å². The lowest BCUT2D eigenvalue weighted by Crippen LogP contribution is -2.46. The Morgan fingerprint density at radius 1 is 1.74 bits per heavy atom. The van der Waals surface area contributed by atoms with E-state index in [1.807, 2.05) is 0 Å². The van der Waals surface area contributed by atoms with Gasteiger partial charge >= 0.3 is 5.97 Å². The van der Waals surface area contributed by atoms with Crippen molar-refractivity contribution < 1.29 is 14.6 Å². The lowest BCUT2D eigenvalue weighted by molar-refractivity contribution is -0.0254. The summed E-state index contributed by atoms with van der Waals surface area (Å²) in [5.74, 6) is -0.967. The number of ether oxygens (including phenoxy) is 1. The number of likely N-dealkylation sites (N-methyl/N-ethyl adjacent to an activating group) is 1. The Labute approximate surface area is 116 Å². The van der Waals surface area contributed by atoms with E-state index in [-0.39, 0.29) is 11.1 Å². The summed E-state index contributed by atoms with van der Waals surface area (Å²) in [7, 11) is 0. The zero-order chi connectivity index (χ0) is 13.7. The predicted molar refractivity (Wildman–Crippen MR) is 72.6 cm³/mol. The van der Waals surface area contributed by atoms with Crippen molar-refractivity contribution in [3.8, 4) is 0 Å². The van der Waals surface area contributed by atoms with Crippen molar-refractivity contribution in [2.75, 3.05) is 32.8 Å². The summed E-state index contributed by atoms with van der Waals surface area (Å²) in [4.78, 5) is 17.1. The standard InChI is InChI=1S/C12H19N3O3S/c1-2-15-3-4-18-10(7-15)6-13-5-9-8-19-11(14-9)12(16)17/h8,10,13H,2-7H2,1H3,(H,16,17). The van der Waals surface area contributed by atoms with Crippen molar-refractivity contribution >= 4 is 17.3 Å². The molecule has 7 heteroatoms. The first-order chi connectivity index (χ1) is 9.19. The highest BCUT2D eigenvalue weighted by Gasteiger charge is 2.18. The summed E-state index contributed by atoms with van der Waals surface area (Å²) in [5.41, 5.74) is 0.769. The molecule has 1 fully saturated rings. The number of morpholine rings is 1. The minimum Gasteiger partial charge on any atom is -0.476 e. The predicted octanol–water partition coefficient (Wildman–Crippen LogP) is 0.652. The van der Waals surface area contributed by atoms with Gasteiger partial charge in [0, 0.05) is 31.6 Å². The fourth-order valence-corrected chi connectivity index (χ4v) is 2.69. The first-order valence-corrected chi connectivity index (χ1v) is 7.29.